The van der Waals surface area contributed by atoms with Crippen LogP contribution in [0.4, 0.5) is 4.79 Å². The molecule has 2 aromatic carbocycles. The van der Waals surface area contributed by atoms with Gasteiger partial charge < -0.3 is 26.0 Å². The summed E-state index contributed by atoms with van der Waals surface area (Å²) in [5.74, 6) is -4.04. The zero-order valence-corrected chi connectivity index (χ0v) is 26.9. The van der Waals surface area contributed by atoms with Gasteiger partial charge in [0.15, 0.2) is 0 Å². The number of rotatable bonds is 18. The van der Waals surface area contributed by atoms with Gasteiger partial charge in [-0.05, 0) is 35.8 Å². The molecular formula is C33H43ClN4O7. The van der Waals surface area contributed by atoms with Crippen molar-refractivity contribution in [2.75, 3.05) is 12.4 Å². The van der Waals surface area contributed by atoms with Crippen molar-refractivity contribution in [3.63, 3.8) is 0 Å². The molecule has 0 aliphatic rings. The first-order chi connectivity index (χ1) is 21.4. The van der Waals surface area contributed by atoms with Gasteiger partial charge in [0.25, 0.3) is 0 Å². The van der Waals surface area contributed by atoms with Gasteiger partial charge in [0, 0.05) is 6.42 Å². The zero-order valence-electron chi connectivity index (χ0n) is 26.1. The van der Waals surface area contributed by atoms with Crippen LogP contribution in [-0.2, 0) is 41.7 Å². The van der Waals surface area contributed by atoms with Crippen LogP contribution in [0.25, 0.3) is 0 Å². The number of hydrogen-bond donors (Lipinski definition) is 4. The Hall–Kier alpha value is -4.25. The minimum absolute atomic E-state index is 0.0104. The number of ether oxygens (including phenoxy) is 1. The van der Waals surface area contributed by atoms with Crippen LogP contribution in [0, 0.1) is 11.8 Å². The maximum atomic E-state index is 13.2. The molecule has 0 fully saturated rings. The lowest BCUT2D eigenvalue weighted by Gasteiger charge is -2.25. The van der Waals surface area contributed by atoms with Crippen LogP contribution in [-0.4, -0.2) is 65.9 Å². The summed E-state index contributed by atoms with van der Waals surface area (Å²) in [4.78, 5) is 76.3. The molecule has 0 heterocycles. The van der Waals surface area contributed by atoms with E-state index in [1.54, 1.807) is 36.4 Å². The highest BCUT2D eigenvalue weighted by molar-refractivity contribution is 6.48. The summed E-state index contributed by atoms with van der Waals surface area (Å²) in [6, 6.07) is 14.9. The fourth-order valence-electron chi connectivity index (χ4n) is 4.44. The second-order valence-corrected chi connectivity index (χ2v) is 11.8. The van der Waals surface area contributed by atoms with Crippen molar-refractivity contribution in [2.24, 2.45) is 11.8 Å². The van der Waals surface area contributed by atoms with Gasteiger partial charge in [0.1, 0.15) is 18.7 Å². The Labute approximate surface area is 269 Å². The van der Waals surface area contributed by atoms with Gasteiger partial charge in [0.05, 0.1) is 18.5 Å². The van der Waals surface area contributed by atoms with E-state index in [-0.39, 0.29) is 37.7 Å². The number of Topliss-reactive ketones (excluding diaryl/α,β-unsaturated/α-hetero) is 2. The number of benzene rings is 2. The van der Waals surface area contributed by atoms with Crippen molar-refractivity contribution >= 4 is 47.0 Å². The summed E-state index contributed by atoms with van der Waals surface area (Å²) in [7, 11) is 0. The number of hydrogen-bond acceptors (Lipinski definition) is 7. The van der Waals surface area contributed by atoms with E-state index in [0.29, 0.717) is 0 Å². The molecule has 0 unspecified atom stereocenters. The highest BCUT2D eigenvalue weighted by atomic mass is 35.5. The van der Waals surface area contributed by atoms with Crippen LogP contribution >= 0.6 is 11.6 Å². The number of carbonyl (C=O) groups excluding carboxylic acids is 6. The van der Waals surface area contributed by atoms with E-state index in [1.807, 2.05) is 52.0 Å². The van der Waals surface area contributed by atoms with E-state index in [4.69, 9.17) is 16.3 Å². The molecule has 0 bridgehead atoms. The third-order valence-corrected chi connectivity index (χ3v) is 6.86. The molecule has 244 valence electrons. The highest BCUT2D eigenvalue weighted by Crippen LogP contribution is 2.11. The zero-order chi connectivity index (χ0) is 33.4. The third kappa shape index (κ3) is 13.9. The van der Waals surface area contributed by atoms with Crippen molar-refractivity contribution < 1.29 is 33.5 Å². The minimum atomic E-state index is -1.08. The van der Waals surface area contributed by atoms with Crippen LogP contribution in [0.1, 0.15) is 51.7 Å². The van der Waals surface area contributed by atoms with Gasteiger partial charge in [-0.25, -0.2) is 4.79 Å². The lowest BCUT2D eigenvalue weighted by molar-refractivity contribution is -0.138. The molecular weight excluding hydrogens is 600 g/mol. The van der Waals surface area contributed by atoms with Gasteiger partial charge >= 0.3 is 6.09 Å². The Morgan fingerprint density at radius 2 is 1.24 bits per heavy atom. The molecule has 45 heavy (non-hydrogen) atoms. The lowest BCUT2D eigenvalue weighted by atomic mass is 9.97. The molecule has 2 aromatic rings. The summed E-state index contributed by atoms with van der Waals surface area (Å²) in [5.41, 5.74) is 1.55. The second kappa shape index (κ2) is 19.2. The smallest absolute Gasteiger partial charge is 0.408 e. The van der Waals surface area contributed by atoms with Crippen LogP contribution in [0.5, 0.6) is 0 Å². The molecule has 11 nitrogen and oxygen atoms in total. The molecule has 0 aromatic heterocycles. The average Bonchev–Trinajstić information content (AvgIpc) is 3.01. The van der Waals surface area contributed by atoms with Gasteiger partial charge in [-0.15, -0.1) is 11.6 Å². The standard InChI is InChI=1S/C33H43ClN4O7/c1-21(2)15-25(30(41)28(39)18-34)37-32(43)26(16-22(3)4)36-29(40)19-35-31(42)27(17-23-11-7-5-8-12-23)38-33(44)45-20-24-13-9-6-10-14-24/h5-14,21-22,25-27H,15-20H2,1-4H3,(H,35,42)(H,36,40)(H,37,43)(H,38,44)/t25-,26-,27-/m0/s1. The summed E-state index contributed by atoms with van der Waals surface area (Å²) in [5, 5.41) is 10.3. The molecule has 3 atom stereocenters. The summed E-state index contributed by atoms with van der Waals surface area (Å²) >= 11 is 5.56. The van der Waals surface area contributed by atoms with Crippen LogP contribution in [0.2, 0.25) is 0 Å². The predicted octanol–water partition coefficient (Wildman–Crippen LogP) is 3.08. The first-order valence-electron chi connectivity index (χ1n) is 14.9. The van der Waals surface area contributed by atoms with Gasteiger partial charge in [-0.3, -0.25) is 24.0 Å². The maximum absolute atomic E-state index is 13.2. The molecule has 4 amide bonds. The Morgan fingerprint density at radius 3 is 1.80 bits per heavy atom. The number of alkyl carbamates (subject to hydrolysis) is 1. The predicted molar refractivity (Wildman–Crippen MR) is 170 cm³/mol. The van der Waals surface area contributed by atoms with E-state index in [0.717, 1.165) is 11.1 Å². The Bertz CT molecular complexity index is 1290. The average molecular weight is 643 g/mol. The van der Waals surface area contributed by atoms with Crippen molar-refractivity contribution in [1.82, 2.24) is 21.3 Å². The number of ketones is 2. The van der Waals surface area contributed by atoms with Gasteiger partial charge in [-0.1, -0.05) is 88.4 Å². The van der Waals surface area contributed by atoms with E-state index >= 15 is 0 Å². The quantitative estimate of drug-likeness (QED) is 0.144. The number of amides is 4. The van der Waals surface area contributed by atoms with Crippen molar-refractivity contribution in [2.45, 2.75) is 71.7 Å². The Kier molecular flexibility index (Phi) is 15.8. The third-order valence-electron chi connectivity index (χ3n) is 6.62. The first-order valence-corrected chi connectivity index (χ1v) is 15.4. The Balaban J connectivity index is 2.06. The normalized spacial score (nSPS) is 12.9. The van der Waals surface area contributed by atoms with Crippen LogP contribution < -0.4 is 21.3 Å². The minimum Gasteiger partial charge on any atom is -0.445 e. The number of nitrogens with one attached hydrogen (secondary N) is 4. The topological polar surface area (TPSA) is 160 Å². The van der Waals surface area contributed by atoms with Gasteiger partial charge in [-0.2, -0.15) is 0 Å². The monoisotopic (exact) mass is 642 g/mol. The van der Waals surface area contributed by atoms with E-state index in [1.165, 1.54) is 0 Å². The molecule has 0 saturated carbocycles. The van der Waals surface area contributed by atoms with Crippen molar-refractivity contribution in [3.05, 3.63) is 71.8 Å². The van der Waals surface area contributed by atoms with Crippen LogP contribution in [0.15, 0.2) is 60.7 Å². The summed E-state index contributed by atoms with van der Waals surface area (Å²) in [6.07, 6.45) is -0.205. The van der Waals surface area contributed by atoms with E-state index < -0.39 is 65.9 Å². The maximum Gasteiger partial charge on any atom is 0.408 e. The van der Waals surface area contributed by atoms with Crippen molar-refractivity contribution in [1.29, 1.82) is 0 Å². The fourth-order valence-corrected chi connectivity index (χ4v) is 4.57. The van der Waals surface area contributed by atoms with Crippen LogP contribution in [0.3, 0.4) is 0 Å². The van der Waals surface area contributed by atoms with Gasteiger partial charge in [0.2, 0.25) is 29.3 Å². The fraction of sp³-hybridized carbons (Fsp3) is 0.455. The van der Waals surface area contributed by atoms with E-state index in [9.17, 15) is 28.8 Å². The second-order valence-electron chi connectivity index (χ2n) is 11.5. The molecule has 0 radical (unpaired) electrons. The van der Waals surface area contributed by atoms with E-state index in [2.05, 4.69) is 21.3 Å². The molecule has 0 saturated heterocycles. The molecule has 0 aliphatic carbocycles. The lowest BCUT2D eigenvalue weighted by Crippen LogP contribution is -2.55. The molecule has 0 spiro atoms. The molecule has 2 rings (SSSR count). The largest absolute Gasteiger partial charge is 0.445 e. The highest BCUT2D eigenvalue weighted by Gasteiger charge is 2.31. The Morgan fingerprint density at radius 1 is 0.689 bits per heavy atom. The molecule has 4 N–H and O–H groups in total. The van der Waals surface area contributed by atoms with Crippen molar-refractivity contribution in [3.8, 4) is 0 Å². The SMILES string of the molecule is CC(C)C[C@H](NC(=O)CNC(=O)[C@H](Cc1ccccc1)NC(=O)OCc1ccccc1)C(=O)N[C@@H](CC(C)C)C(=O)C(=O)CCl. The first kappa shape index (κ1) is 36.9. The molecule has 0 aliphatic heterocycles. The summed E-state index contributed by atoms with van der Waals surface area (Å²) < 4.78 is 5.28. The number of halogens is 1. The summed E-state index contributed by atoms with van der Waals surface area (Å²) in [6.45, 7) is 6.94. The number of carbonyl (C=O) groups is 6. The molecule has 12 heteroatoms. The number of alkyl halides is 1.